The summed E-state index contributed by atoms with van der Waals surface area (Å²) in [6, 6.07) is 1.21. The molecule has 1 aromatic rings. The zero-order chi connectivity index (χ0) is 15.7. The third-order valence-electron chi connectivity index (χ3n) is 3.64. The SMILES string of the molecule is COC(=O)C1CCC(=O)N1C(C)c1c(Cl)ccc(F)c1Cl. The Morgan fingerprint density at radius 1 is 1.48 bits per heavy atom. The first kappa shape index (κ1) is 16.0. The number of ether oxygens (including phenoxy) is 1. The Bertz CT molecular complexity index is 594. The highest BCUT2D eigenvalue weighted by molar-refractivity contribution is 6.36. The summed E-state index contributed by atoms with van der Waals surface area (Å²) in [6.45, 7) is 1.66. The lowest BCUT2D eigenvalue weighted by atomic mass is 10.1. The van der Waals surface area contributed by atoms with Crippen molar-refractivity contribution in [2.75, 3.05) is 7.11 Å². The Balaban J connectivity index is 2.43. The predicted octanol–water partition coefficient (Wildman–Crippen LogP) is 3.36. The molecule has 7 heteroatoms. The van der Waals surface area contributed by atoms with Crippen LogP contribution in [0.1, 0.15) is 31.4 Å². The lowest BCUT2D eigenvalue weighted by Gasteiger charge is -2.30. The molecule has 1 saturated heterocycles. The molecular formula is C14H14Cl2FNO3. The Morgan fingerprint density at radius 2 is 2.14 bits per heavy atom. The molecule has 4 nitrogen and oxygen atoms in total. The maximum Gasteiger partial charge on any atom is 0.328 e. The third-order valence-corrected chi connectivity index (χ3v) is 4.36. The van der Waals surface area contributed by atoms with Crippen molar-refractivity contribution in [2.24, 2.45) is 0 Å². The molecule has 21 heavy (non-hydrogen) atoms. The number of amides is 1. The van der Waals surface area contributed by atoms with E-state index < -0.39 is 23.9 Å². The smallest absolute Gasteiger partial charge is 0.328 e. The molecule has 0 radical (unpaired) electrons. The van der Waals surface area contributed by atoms with Gasteiger partial charge in [-0.1, -0.05) is 23.2 Å². The molecule has 2 rings (SSSR count). The fourth-order valence-corrected chi connectivity index (χ4v) is 3.31. The number of hydrogen-bond acceptors (Lipinski definition) is 3. The van der Waals surface area contributed by atoms with E-state index in [2.05, 4.69) is 0 Å². The highest BCUT2D eigenvalue weighted by Gasteiger charge is 2.41. The Kier molecular flexibility index (Phi) is 4.74. The minimum Gasteiger partial charge on any atom is -0.467 e. The van der Waals surface area contributed by atoms with Gasteiger partial charge >= 0.3 is 5.97 Å². The van der Waals surface area contributed by atoms with Crippen molar-refractivity contribution in [2.45, 2.75) is 31.8 Å². The van der Waals surface area contributed by atoms with Crippen molar-refractivity contribution in [3.63, 3.8) is 0 Å². The van der Waals surface area contributed by atoms with Crippen LogP contribution in [0.2, 0.25) is 10.0 Å². The second kappa shape index (κ2) is 6.20. The molecule has 1 aromatic carbocycles. The van der Waals surface area contributed by atoms with Gasteiger partial charge in [0.2, 0.25) is 5.91 Å². The van der Waals surface area contributed by atoms with Crippen molar-refractivity contribution >= 4 is 35.1 Å². The van der Waals surface area contributed by atoms with E-state index in [4.69, 9.17) is 27.9 Å². The predicted molar refractivity (Wildman–Crippen MR) is 76.7 cm³/mol. The van der Waals surface area contributed by atoms with Crippen LogP contribution in [0.3, 0.4) is 0 Å². The quantitative estimate of drug-likeness (QED) is 0.629. The molecule has 0 aromatic heterocycles. The zero-order valence-electron chi connectivity index (χ0n) is 11.5. The maximum absolute atomic E-state index is 13.6. The van der Waals surface area contributed by atoms with Gasteiger partial charge in [0, 0.05) is 17.0 Å². The highest BCUT2D eigenvalue weighted by atomic mass is 35.5. The molecule has 1 aliphatic rings. The number of hydrogen-bond donors (Lipinski definition) is 0. The average Bonchev–Trinajstić information content (AvgIpc) is 2.84. The van der Waals surface area contributed by atoms with E-state index in [1.165, 1.54) is 18.1 Å². The second-order valence-corrected chi connectivity index (χ2v) is 5.60. The average molecular weight is 334 g/mol. The van der Waals surface area contributed by atoms with Crippen LogP contribution in [0.25, 0.3) is 0 Å². The second-order valence-electron chi connectivity index (χ2n) is 4.81. The van der Waals surface area contributed by atoms with Crippen LogP contribution in [0, 0.1) is 5.82 Å². The van der Waals surface area contributed by atoms with E-state index in [1.54, 1.807) is 6.92 Å². The molecule has 2 unspecified atom stereocenters. The lowest BCUT2D eigenvalue weighted by Crippen LogP contribution is -2.41. The first-order valence-corrected chi connectivity index (χ1v) is 7.16. The van der Waals surface area contributed by atoms with E-state index in [0.29, 0.717) is 12.0 Å². The normalized spacial score (nSPS) is 19.8. The van der Waals surface area contributed by atoms with E-state index in [9.17, 15) is 14.0 Å². The number of carbonyl (C=O) groups excluding carboxylic acids is 2. The number of rotatable bonds is 3. The summed E-state index contributed by atoms with van der Waals surface area (Å²) in [5.41, 5.74) is 0.294. The molecular weight excluding hydrogens is 320 g/mol. The molecule has 0 N–H and O–H groups in total. The molecule has 1 aliphatic heterocycles. The number of benzene rings is 1. The summed E-state index contributed by atoms with van der Waals surface area (Å²) in [5, 5.41) is 0.107. The van der Waals surface area contributed by atoms with Crippen molar-refractivity contribution in [1.29, 1.82) is 0 Å². The minimum atomic E-state index is -0.701. The van der Waals surface area contributed by atoms with Gasteiger partial charge in [-0.05, 0) is 25.5 Å². The Labute approximate surface area is 131 Å². The summed E-state index contributed by atoms with van der Waals surface area (Å²) < 4.78 is 18.3. The van der Waals surface area contributed by atoms with Crippen molar-refractivity contribution < 1.29 is 18.7 Å². The van der Waals surface area contributed by atoms with Gasteiger partial charge in [-0.3, -0.25) is 4.79 Å². The molecule has 0 spiro atoms. The van der Waals surface area contributed by atoms with Gasteiger partial charge < -0.3 is 9.64 Å². The van der Waals surface area contributed by atoms with Crippen LogP contribution in [0.4, 0.5) is 4.39 Å². The van der Waals surface area contributed by atoms with Crippen molar-refractivity contribution in [1.82, 2.24) is 4.90 Å². The molecule has 1 fully saturated rings. The zero-order valence-corrected chi connectivity index (χ0v) is 13.0. The standard InChI is InChI=1S/C14H14Cl2FNO3/c1-7(12-8(15)3-4-9(17)13(12)16)18-10(14(20)21-2)5-6-11(18)19/h3-4,7,10H,5-6H2,1-2H3. The van der Waals surface area contributed by atoms with E-state index in [0.717, 1.165) is 6.07 Å². The van der Waals surface area contributed by atoms with Crippen molar-refractivity contribution in [3.05, 3.63) is 33.6 Å². The van der Waals surface area contributed by atoms with Crippen molar-refractivity contribution in [3.8, 4) is 0 Å². The third kappa shape index (κ3) is 2.85. The molecule has 0 saturated carbocycles. The molecule has 1 amide bonds. The number of halogens is 3. The van der Waals surface area contributed by atoms with Gasteiger partial charge in [0.1, 0.15) is 11.9 Å². The van der Waals surface area contributed by atoms with Gasteiger partial charge in [0.25, 0.3) is 0 Å². The maximum atomic E-state index is 13.6. The molecule has 0 bridgehead atoms. The summed E-state index contributed by atoms with van der Waals surface area (Å²) in [6.07, 6.45) is 0.592. The first-order chi connectivity index (χ1) is 9.88. The van der Waals surface area contributed by atoms with Gasteiger partial charge in [-0.2, -0.15) is 0 Å². The molecule has 0 aliphatic carbocycles. The van der Waals surface area contributed by atoms with Crippen LogP contribution in [0.5, 0.6) is 0 Å². The van der Waals surface area contributed by atoms with Gasteiger partial charge in [0.15, 0.2) is 0 Å². The molecule has 114 valence electrons. The number of carbonyl (C=O) groups is 2. The topological polar surface area (TPSA) is 46.6 Å². The van der Waals surface area contributed by atoms with Crippen LogP contribution in [-0.4, -0.2) is 29.9 Å². The minimum absolute atomic E-state index is 0.140. The van der Waals surface area contributed by atoms with Crippen LogP contribution < -0.4 is 0 Å². The number of methoxy groups -OCH3 is 1. The Hall–Kier alpha value is -1.33. The fourth-order valence-electron chi connectivity index (χ4n) is 2.62. The fraction of sp³-hybridized carbons (Fsp3) is 0.429. The monoisotopic (exact) mass is 333 g/mol. The number of likely N-dealkylation sites (tertiary alicyclic amines) is 1. The first-order valence-electron chi connectivity index (χ1n) is 6.40. The van der Waals surface area contributed by atoms with Gasteiger partial charge in [0.05, 0.1) is 18.2 Å². The summed E-state index contributed by atoms with van der Waals surface area (Å²) >= 11 is 12.0. The largest absolute Gasteiger partial charge is 0.467 e. The van der Waals surface area contributed by atoms with E-state index >= 15 is 0 Å². The summed E-state index contributed by atoms with van der Waals surface area (Å²) in [4.78, 5) is 25.2. The van der Waals surface area contributed by atoms with Gasteiger partial charge in [-0.15, -0.1) is 0 Å². The number of esters is 1. The summed E-state index contributed by atoms with van der Waals surface area (Å²) in [7, 11) is 1.26. The lowest BCUT2D eigenvalue weighted by molar-refractivity contribution is -0.150. The Morgan fingerprint density at radius 3 is 2.76 bits per heavy atom. The molecule has 2 atom stereocenters. The van der Waals surface area contributed by atoms with Gasteiger partial charge in [-0.25, -0.2) is 9.18 Å². The highest BCUT2D eigenvalue weighted by Crippen LogP contribution is 2.38. The summed E-state index contributed by atoms with van der Waals surface area (Å²) in [5.74, 6) is -1.34. The van der Waals surface area contributed by atoms with E-state index in [1.807, 2.05) is 0 Å². The van der Waals surface area contributed by atoms with Crippen LogP contribution in [-0.2, 0) is 14.3 Å². The van der Waals surface area contributed by atoms with E-state index in [-0.39, 0.29) is 22.4 Å². The van der Waals surface area contributed by atoms with Crippen LogP contribution in [0.15, 0.2) is 12.1 Å². The molecule has 1 heterocycles. The van der Waals surface area contributed by atoms with Crippen LogP contribution >= 0.6 is 23.2 Å². The number of nitrogens with zero attached hydrogens (tertiary/aromatic N) is 1.